The van der Waals surface area contributed by atoms with Crippen molar-refractivity contribution in [1.82, 2.24) is 9.36 Å². The molecule has 2 fully saturated rings. The first-order valence-corrected chi connectivity index (χ1v) is 13.2. The Balaban J connectivity index is 1.14. The molecule has 0 bridgehead atoms. The molecule has 0 aliphatic carbocycles. The number of aromatic nitrogens is 2. The molecule has 3 aromatic rings. The van der Waals surface area contributed by atoms with Gasteiger partial charge in [0, 0.05) is 53.2 Å². The molecule has 0 saturated carbocycles. The number of benzene rings is 2. The van der Waals surface area contributed by atoms with Crippen LogP contribution in [0.3, 0.4) is 0 Å². The van der Waals surface area contributed by atoms with Gasteiger partial charge in [0.05, 0.1) is 19.8 Å². The summed E-state index contributed by atoms with van der Waals surface area (Å²) in [7, 11) is 0. The largest absolute Gasteiger partial charge is 0.380 e. The van der Waals surface area contributed by atoms with Gasteiger partial charge in [0.1, 0.15) is 10.8 Å². The highest BCUT2D eigenvalue weighted by atomic mass is 32.1. The number of ether oxygens (including phenoxy) is 1. The van der Waals surface area contributed by atoms with Crippen molar-refractivity contribution in [2.75, 3.05) is 54.5 Å². The van der Waals surface area contributed by atoms with E-state index in [1.54, 1.807) is 0 Å². The van der Waals surface area contributed by atoms with Crippen molar-refractivity contribution in [2.24, 2.45) is 5.41 Å². The zero-order valence-corrected chi connectivity index (χ0v) is 21.2. The normalized spacial score (nSPS) is 18.5. The maximum atomic E-state index is 13.3. The van der Waals surface area contributed by atoms with E-state index in [2.05, 4.69) is 62.9 Å². The van der Waals surface area contributed by atoms with E-state index in [9.17, 15) is 4.79 Å². The van der Waals surface area contributed by atoms with Crippen molar-refractivity contribution >= 4 is 34.5 Å². The second-order valence-electron chi connectivity index (χ2n) is 10.1. The molecular formula is C27H31N5O2S. The van der Waals surface area contributed by atoms with Crippen LogP contribution in [0.5, 0.6) is 0 Å². The summed E-state index contributed by atoms with van der Waals surface area (Å²) in [6.07, 6.45) is 3.30. The first-order valence-electron chi connectivity index (χ1n) is 12.4. The summed E-state index contributed by atoms with van der Waals surface area (Å²) in [5, 5.41) is 4.27. The summed E-state index contributed by atoms with van der Waals surface area (Å²) in [4.78, 5) is 22.2. The van der Waals surface area contributed by atoms with Gasteiger partial charge in [0.15, 0.2) is 0 Å². The van der Waals surface area contributed by atoms with Crippen molar-refractivity contribution in [1.29, 1.82) is 0 Å². The third-order valence-electron chi connectivity index (χ3n) is 7.73. The van der Waals surface area contributed by atoms with Crippen LogP contribution in [0, 0.1) is 19.3 Å². The molecule has 2 saturated heterocycles. The van der Waals surface area contributed by atoms with Crippen molar-refractivity contribution < 1.29 is 9.53 Å². The van der Waals surface area contributed by atoms with Gasteiger partial charge < -0.3 is 19.9 Å². The summed E-state index contributed by atoms with van der Waals surface area (Å²) in [6.45, 7) is 8.93. The van der Waals surface area contributed by atoms with Crippen LogP contribution in [0.4, 0.5) is 17.1 Å². The molecule has 8 heteroatoms. The van der Waals surface area contributed by atoms with Gasteiger partial charge >= 0.3 is 0 Å². The Labute approximate surface area is 210 Å². The molecule has 2 aromatic carbocycles. The van der Waals surface area contributed by atoms with Crippen LogP contribution in [0.25, 0.3) is 10.6 Å². The van der Waals surface area contributed by atoms with Crippen molar-refractivity contribution in [3.63, 3.8) is 0 Å². The molecule has 0 atom stereocenters. The lowest BCUT2D eigenvalue weighted by Crippen LogP contribution is -2.51. The zero-order chi connectivity index (χ0) is 24.0. The number of fused-ring (bicyclic) bond motifs is 1. The number of piperidine rings is 1. The maximum absolute atomic E-state index is 13.3. The molecular weight excluding hydrogens is 458 g/mol. The van der Waals surface area contributed by atoms with Crippen LogP contribution in [-0.4, -0.2) is 54.7 Å². The Morgan fingerprint density at radius 2 is 1.91 bits per heavy atom. The second-order valence-corrected chi connectivity index (χ2v) is 10.8. The number of carbonyl (C=O) groups is 1. The Morgan fingerprint density at radius 1 is 1.11 bits per heavy atom. The molecule has 3 aliphatic heterocycles. The zero-order valence-electron chi connectivity index (χ0n) is 20.3. The van der Waals surface area contributed by atoms with E-state index in [1.165, 1.54) is 35.6 Å². The predicted octanol–water partition coefficient (Wildman–Crippen LogP) is 4.44. The lowest BCUT2D eigenvalue weighted by molar-refractivity contribution is -0.124. The predicted molar refractivity (Wildman–Crippen MR) is 141 cm³/mol. The van der Waals surface area contributed by atoms with Gasteiger partial charge in [-0.25, -0.2) is 4.98 Å². The Bertz CT molecular complexity index is 1260. The van der Waals surface area contributed by atoms with Crippen molar-refractivity contribution in [3.8, 4) is 10.6 Å². The average Bonchev–Trinajstić information content (AvgIpc) is 3.49. The number of nitrogens with zero attached hydrogens (tertiary/aromatic N) is 4. The summed E-state index contributed by atoms with van der Waals surface area (Å²) in [5.74, 6) is 0.880. The Morgan fingerprint density at radius 3 is 2.63 bits per heavy atom. The van der Waals surface area contributed by atoms with E-state index in [0.717, 1.165) is 72.6 Å². The second kappa shape index (κ2) is 8.91. The molecule has 35 heavy (non-hydrogen) atoms. The quantitative estimate of drug-likeness (QED) is 0.571. The summed E-state index contributed by atoms with van der Waals surface area (Å²) in [6, 6.07) is 12.6. The minimum Gasteiger partial charge on any atom is -0.380 e. The third-order valence-corrected chi connectivity index (χ3v) is 8.58. The Hall–Kier alpha value is -2.97. The summed E-state index contributed by atoms with van der Waals surface area (Å²) in [5.41, 5.74) is 7.18. The van der Waals surface area contributed by atoms with Crippen molar-refractivity contribution in [3.05, 3.63) is 53.3 Å². The fourth-order valence-electron chi connectivity index (χ4n) is 5.50. The van der Waals surface area contributed by atoms with Gasteiger partial charge in [0.2, 0.25) is 5.91 Å². The van der Waals surface area contributed by atoms with Crippen molar-refractivity contribution in [2.45, 2.75) is 33.1 Å². The van der Waals surface area contributed by atoms with E-state index >= 15 is 0 Å². The van der Waals surface area contributed by atoms with Gasteiger partial charge in [-0.2, -0.15) is 4.37 Å². The van der Waals surface area contributed by atoms with E-state index < -0.39 is 0 Å². The van der Waals surface area contributed by atoms with Gasteiger partial charge in [0.25, 0.3) is 0 Å². The number of hydrogen-bond donors (Lipinski definition) is 1. The van der Waals surface area contributed by atoms with Crippen LogP contribution in [0.2, 0.25) is 0 Å². The third kappa shape index (κ3) is 4.19. The van der Waals surface area contributed by atoms with Gasteiger partial charge in [-0.05, 0) is 68.4 Å². The van der Waals surface area contributed by atoms with Crippen LogP contribution in [-0.2, 0) is 16.0 Å². The smallest absolute Gasteiger partial charge is 0.246 e. The van der Waals surface area contributed by atoms with Crippen LogP contribution in [0.15, 0.2) is 36.4 Å². The standard InChI is InChI=1S/C27H31N5O2S/c1-18-6-7-20(26-29-19(2)30-35-26)14-22(18)28-15-25(33)32-11-8-21-23(4-3-5-24(21)32)31-12-9-27(10-13-31)16-34-17-27/h3-7,14,28H,8-13,15-17H2,1-2H3. The number of anilines is 3. The fraction of sp³-hybridized carbons (Fsp3) is 0.444. The number of amides is 1. The first kappa shape index (κ1) is 22.5. The molecule has 6 rings (SSSR count). The number of nitrogens with one attached hydrogen (secondary N) is 1. The number of aryl methyl sites for hydroxylation is 2. The number of carbonyl (C=O) groups excluding carboxylic acids is 1. The molecule has 3 aliphatic rings. The SMILES string of the molecule is Cc1nsc(-c2ccc(C)c(NCC(=O)N3CCc4c(N5CCC6(CC5)COC6)cccc43)c2)n1. The molecule has 1 N–H and O–H groups in total. The lowest BCUT2D eigenvalue weighted by Gasteiger charge is -2.48. The monoisotopic (exact) mass is 489 g/mol. The molecule has 182 valence electrons. The molecule has 1 amide bonds. The number of hydrogen-bond acceptors (Lipinski definition) is 7. The molecule has 0 unspecified atom stereocenters. The van der Waals surface area contributed by atoms with E-state index in [0.29, 0.717) is 5.41 Å². The molecule has 7 nitrogen and oxygen atoms in total. The maximum Gasteiger partial charge on any atom is 0.246 e. The minimum atomic E-state index is 0.0988. The van der Waals surface area contributed by atoms with Gasteiger partial charge in [-0.15, -0.1) is 0 Å². The lowest BCUT2D eigenvalue weighted by atomic mass is 9.76. The summed E-state index contributed by atoms with van der Waals surface area (Å²) < 4.78 is 9.78. The minimum absolute atomic E-state index is 0.0988. The van der Waals surface area contributed by atoms with E-state index in [4.69, 9.17) is 4.74 Å². The van der Waals surface area contributed by atoms with E-state index in [1.807, 2.05) is 11.8 Å². The van der Waals surface area contributed by atoms with Gasteiger partial charge in [-0.3, -0.25) is 4.79 Å². The molecule has 0 radical (unpaired) electrons. The Kier molecular flexibility index (Phi) is 5.73. The first-order chi connectivity index (χ1) is 17.0. The average molecular weight is 490 g/mol. The molecule has 1 spiro atoms. The highest BCUT2D eigenvalue weighted by Gasteiger charge is 2.41. The number of rotatable bonds is 5. The fourth-order valence-corrected chi connectivity index (χ4v) is 6.16. The topological polar surface area (TPSA) is 70.6 Å². The molecule has 1 aromatic heterocycles. The van der Waals surface area contributed by atoms with Gasteiger partial charge in [-0.1, -0.05) is 18.2 Å². The highest BCUT2D eigenvalue weighted by molar-refractivity contribution is 7.09. The molecule has 4 heterocycles. The van der Waals surface area contributed by atoms with Crippen LogP contribution in [0.1, 0.15) is 29.8 Å². The van der Waals surface area contributed by atoms with E-state index in [-0.39, 0.29) is 12.5 Å². The summed E-state index contributed by atoms with van der Waals surface area (Å²) >= 11 is 1.40. The highest BCUT2D eigenvalue weighted by Crippen LogP contribution is 2.42. The van der Waals surface area contributed by atoms with Crippen LogP contribution >= 0.6 is 11.5 Å². The van der Waals surface area contributed by atoms with Crippen LogP contribution < -0.4 is 15.1 Å².